The van der Waals surface area contributed by atoms with Gasteiger partial charge < -0.3 is 4.42 Å². The van der Waals surface area contributed by atoms with E-state index in [0.717, 1.165) is 21.9 Å². The van der Waals surface area contributed by atoms with Crippen LogP contribution >= 0.6 is 0 Å². The van der Waals surface area contributed by atoms with Gasteiger partial charge in [-0.3, -0.25) is 0 Å². The maximum atomic E-state index is 7.98. The molecule has 0 atom stereocenters. The van der Waals surface area contributed by atoms with Crippen LogP contribution in [0.15, 0.2) is 180 Å². The Hall–Kier alpha value is -6.44. The van der Waals surface area contributed by atoms with Crippen LogP contribution in [0, 0.1) is 0 Å². The average molecular weight is 680 g/mol. The summed E-state index contributed by atoms with van der Waals surface area (Å²) in [4.78, 5) is 0. The monoisotopic (exact) mass is 679 g/mol. The summed E-state index contributed by atoms with van der Waals surface area (Å²) in [5, 5.41) is 9.53. The first kappa shape index (κ1) is 30.2. The van der Waals surface area contributed by atoms with Crippen molar-refractivity contribution in [2.45, 2.75) is 26.2 Å². The molecular weight excluding hydrogens is 641 g/mol. The molecule has 0 spiro atoms. The van der Waals surface area contributed by atoms with Gasteiger partial charge in [0.15, 0.2) is 0 Å². The predicted molar refractivity (Wildman–Crippen MR) is 227 cm³/mol. The lowest BCUT2D eigenvalue weighted by Crippen LogP contribution is -2.10. The minimum Gasteiger partial charge on any atom is -0.456 e. The summed E-state index contributed by atoms with van der Waals surface area (Å²) in [6, 6.07) is 61.6. The Bertz CT molecular complexity index is 3010. The Kier molecular flexibility index (Phi) is 6.88. The Morgan fingerprint density at radius 1 is 0.434 bits per heavy atom. The highest BCUT2D eigenvalue weighted by Crippen LogP contribution is 2.45. The first-order chi connectivity index (χ1) is 26.3. The number of hydrogen-bond acceptors (Lipinski definition) is 1. The van der Waals surface area contributed by atoms with Crippen LogP contribution in [0.5, 0.6) is 0 Å². The zero-order valence-corrected chi connectivity index (χ0v) is 30.1. The SMILES string of the molecule is [2H]c1ccc2cc(-c3ccc(-c4c5ccccc5c(-c5ccc(-c6cccc7oc8c(C(C)(C)C)cccc8c67)cc5)c5ccccc45)cc3)ccc2c1. The molecule has 0 aliphatic carbocycles. The number of benzene rings is 9. The van der Waals surface area contributed by atoms with E-state index in [9.17, 15) is 0 Å². The lowest BCUT2D eigenvalue weighted by Gasteiger charge is -2.18. The fourth-order valence-electron chi connectivity index (χ4n) is 8.38. The summed E-state index contributed by atoms with van der Waals surface area (Å²) < 4.78 is 14.5. The summed E-state index contributed by atoms with van der Waals surface area (Å²) in [6.45, 7) is 6.73. The van der Waals surface area contributed by atoms with Crippen LogP contribution in [0.3, 0.4) is 0 Å². The highest BCUT2D eigenvalue weighted by Gasteiger charge is 2.22. The molecule has 0 bridgehead atoms. The molecule has 0 N–H and O–H groups in total. The lowest BCUT2D eigenvalue weighted by molar-refractivity contribution is 0.573. The molecule has 53 heavy (non-hydrogen) atoms. The van der Waals surface area contributed by atoms with Gasteiger partial charge in [-0.05, 0) is 94.4 Å². The number of rotatable bonds is 4. The second-order valence-electron chi connectivity index (χ2n) is 15.2. The first-order valence-electron chi connectivity index (χ1n) is 18.9. The highest BCUT2D eigenvalue weighted by molar-refractivity contribution is 6.21. The van der Waals surface area contributed by atoms with Gasteiger partial charge >= 0.3 is 0 Å². The van der Waals surface area contributed by atoms with Crippen molar-refractivity contribution in [2.75, 3.05) is 0 Å². The van der Waals surface area contributed by atoms with Crippen molar-refractivity contribution in [3.63, 3.8) is 0 Å². The summed E-state index contributed by atoms with van der Waals surface area (Å²) >= 11 is 0. The van der Waals surface area contributed by atoms with Crippen molar-refractivity contribution in [2.24, 2.45) is 0 Å². The van der Waals surface area contributed by atoms with E-state index >= 15 is 0 Å². The minimum absolute atomic E-state index is 0.0217. The van der Waals surface area contributed by atoms with Crippen LogP contribution in [0.25, 0.3) is 98.8 Å². The zero-order chi connectivity index (χ0) is 36.6. The van der Waals surface area contributed by atoms with Crippen LogP contribution in [0.4, 0.5) is 0 Å². The molecule has 1 aromatic heterocycles. The molecule has 0 aliphatic rings. The predicted octanol–water partition coefficient (Wildman–Crippen LogP) is 15.0. The first-order valence-corrected chi connectivity index (χ1v) is 18.4. The largest absolute Gasteiger partial charge is 0.456 e. The van der Waals surface area contributed by atoms with E-state index < -0.39 is 0 Å². The van der Waals surface area contributed by atoms with Crippen molar-refractivity contribution in [3.05, 3.63) is 181 Å². The quantitative estimate of drug-likeness (QED) is 0.169. The summed E-state index contributed by atoms with van der Waals surface area (Å²) in [5.74, 6) is 0. The molecule has 252 valence electrons. The maximum absolute atomic E-state index is 7.98. The van der Waals surface area contributed by atoms with Gasteiger partial charge in [0.1, 0.15) is 11.2 Å². The Morgan fingerprint density at radius 3 is 1.60 bits per heavy atom. The molecule has 0 saturated carbocycles. The number of para-hydroxylation sites is 1. The third-order valence-corrected chi connectivity index (χ3v) is 10.9. The van der Waals surface area contributed by atoms with E-state index in [4.69, 9.17) is 5.79 Å². The summed E-state index contributed by atoms with van der Waals surface area (Å²) in [5.41, 5.74) is 12.7. The molecule has 0 aliphatic heterocycles. The van der Waals surface area contributed by atoms with Crippen LogP contribution in [0.1, 0.15) is 27.7 Å². The third kappa shape index (κ3) is 5.15. The van der Waals surface area contributed by atoms with Gasteiger partial charge in [0.05, 0.1) is 1.37 Å². The molecule has 1 heterocycles. The van der Waals surface area contributed by atoms with Crippen LogP contribution < -0.4 is 0 Å². The Morgan fingerprint density at radius 2 is 0.981 bits per heavy atom. The van der Waals surface area contributed by atoms with Gasteiger partial charge in [-0.1, -0.05) is 185 Å². The van der Waals surface area contributed by atoms with Gasteiger partial charge in [0.25, 0.3) is 0 Å². The summed E-state index contributed by atoms with van der Waals surface area (Å²) in [6.07, 6.45) is 0. The lowest BCUT2D eigenvalue weighted by atomic mass is 9.85. The molecular formula is C52H38O. The van der Waals surface area contributed by atoms with Crippen molar-refractivity contribution in [1.29, 1.82) is 0 Å². The number of furan rings is 1. The molecule has 10 aromatic rings. The second kappa shape index (κ2) is 12.1. The Labute approximate surface area is 311 Å². The van der Waals surface area contributed by atoms with Gasteiger partial charge in [-0.15, -0.1) is 0 Å². The van der Waals surface area contributed by atoms with Crippen molar-refractivity contribution in [3.8, 4) is 44.5 Å². The van der Waals surface area contributed by atoms with Crippen molar-refractivity contribution < 1.29 is 5.79 Å². The fraction of sp³-hybridized carbons (Fsp3) is 0.0769. The van der Waals surface area contributed by atoms with E-state index in [1.807, 2.05) is 18.2 Å². The molecule has 0 saturated heterocycles. The van der Waals surface area contributed by atoms with Gasteiger partial charge in [0, 0.05) is 16.3 Å². The minimum atomic E-state index is -0.0217. The molecule has 10 rings (SSSR count). The maximum Gasteiger partial charge on any atom is 0.139 e. The smallest absolute Gasteiger partial charge is 0.139 e. The van der Waals surface area contributed by atoms with Crippen LogP contribution in [-0.2, 0) is 5.41 Å². The van der Waals surface area contributed by atoms with E-state index in [-0.39, 0.29) is 5.41 Å². The Balaban J connectivity index is 1.08. The van der Waals surface area contributed by atoms with Crippen LogP contribution in [0.2, 0.25) is 0 Å². The van der Waals surface area contributed by atoms with Crippen LogP contribution in [-0.4, -0.2) is 0 Å². The third-order valence-electron chi connectivity index (χ3n) is 10.9. The molecule has 0 fully saturated rings. The van der Waals surface area contributed by atoms with E-state index in [1.54, 1.807) is 0 Å². The molecule has 9 aromatic carbocycles. The molecule has 0 amide bonds. The highest BCUT2D eigenvalue weighted by atomic mass is 16.3. The number of fused-ring (bicyclic) bond motifs is 6. The fourth-order valence-corrected chi connectivity index (χ4v) is 8.38. The van der Waals surface area contributed by atoms with Gasteiger partial charge in [0.2, 0.25) is 0 Å². The van der Waals surface area contributed by atoms with E-state index in [1.165, 1.54) is 82.4 Å². The second-order valence-corrected chi connectivity index (χ2v) is 15.2. The molecule has 1 heteroatoms. The van der Waals surface area contributed by atoms with Gasteiger partial charge in [-0.2, -0.15) is 0 Å². The van der Waals surface area contributed by atoms with E-state index in [0.29, 0.717) is 6.04 Å². The molecule has 0 radical (unpaired) electrons. The summed E-state index contributed by atoms with van der Waals surface area (Å²) in [7, 11) is 0. The van der Waals surface area contributed by atoms with Crippen molar-refractivity contribution in [1.82, 2.24) is 0 Å². The van der Waals surface area contributed by atoms with E-state index in [2.05, 4.69) is 172 Å². The standard InChI is InChI=1S/C52H38O/c1-52(2,3)46-20-10-19-45-50-40(18-11-21-47(50)53-51(45)46)35-25-29-37(30-26-35)49-43-16-8-6-14-41(43)48(42-15-7-9-17-44(42)49)36-27-22-34(23-28-36)39-31-24-33-12-4-5-13-38(33)32-39/h4-32H,1-3H3/i4D. The topological polar surface area (TPSA) is 13.1 Å². The molecule has 1 nitrogen and oxygen atoms in total. The van der Waals surface area contributed by atoms with Gasteiger partial charge in [-0.25, -0.2) is 0 Å². The number of hydrogen-bond donors (Lipinski definition) is 0. The van der Waals surface area contributed by atoms with Crippen molar-refractivity contribution >= 4 is 54.3 Å². The average Bonchev–Trinajstić information content (AvgIpc) is 3.59. The molecule has 0 unspecified atom stereocenters. The zero-order valence-electron chi connectivity index (χ0n) is 31.1. The normalized spacial score (nSPS) is 12.3.